The predicted octanol–water partition coefficient (Wildman–Crippen LogP) is 3.90. The van der Waals surface area contributed by atoms with Gasteiger partial charge in [0.2, 0.25) is 5.91 Å². The number of nitro groups is 1. The van der Waals surface area contributed by atoms with Crippen molar-refractivity contribution in [1.82, 2.24) is 0 Å². The Balaban J connectivity index is 2.03. The summed E-state index contributed by atoms with van der Waals surface area (Å²) in [5.74, 6) is -0.692. The average molecular weight is 361 g/mol. The third-order valence-corrected chi connectivity index (χ3v) is 4.23. The maximum Gasteiger partial charge on any atom is 0.293 e. The van der Waals surface area contributed by atoms with Crippen LogP contribution in [0.3, 0.4) is 0 Å². The molecule has 3 aromatic rings. The van der Waals surface area contributed by atoms with Crippen molar-refractivity contribution in [3.05, 3.63) is 106 Å². The molecule has 0 aromatic heterocycles. The van der Waals surface area contributed by atoms with E-state index in [0.717, 1.165) is 11.1 Å². The van der Waals surface area contributed by atoms with Gasteiger partial charge in [0.25, 0.3) is 5.69 Å². The Bertz CT molecular complexity index is 902. The normalized spacial score (nSPS) is 10.4. The molecule has 6 nitrogen and oxygen atoms in total. The molecule has 0 aliphatic heterocycles. The van der Waals surface area contributed by atoms with Crippen LogP contribution in [0.2, 0.25) is 0 Å². The zero-order valence-corrected chi connectivity index (χ0v) is 14.6. The molecule has 0 spiro atoms. The van der Waals surface area contributed by atoms with E-state index in [1.165, 1.54) is 12.1 Å². The van der Waals surface area contributed by atoms with Gasteiger partial charge in [-0.15, -0.1) is 0 Å². The van der Waals surface area contributed by atoms with Gasteiger partial charge in [0, 0.05) is 24.7 Å². The second kappa shape index (κ2) is 8.14. The summed E-state index contributed by atoms with van der Waals surface area (Å²) in [6.45, 7) is 0.985. The number of nitrogens with zero attached hydrogens (tertiary/aromatic N) is 2. The minimum Gasteiger partial charge on any atom is -0.366 e. The summed E-state index contributed by atoms with van der Waals surface area (Å²) in [5, 5.41) is 11.6. The van der Waals surface area contributed by atoms with Gasteiger partial charge in [0.1, 0.15) is 5.69 Å². The summed E-state index contributed by atoms with van der Waals surface area (Å²) in [7, 11) is 0. The predicted molar refractivity (Wildman–Crippen MR) is 104 cm³/mol. The van der Waals surface area contributed by atoms with E-state index in [9.17, 15) is 14.9 Å². The first kappa shape index (κ1) is 18.1. The number of hydrogen-bond donors (Lipinski definition) is 1. The minimum atomic E-state index is -0.692. The largest absolute Gasteiger partial charge is 0.366 e. The maximum atomic E-state index is 11.6. The molecule has 0 fully saturated rings. The topological polar surface area (TPSA) is 89.5 Å². The SMILES string of the molecule is NC(=O)c1ccc(N(Cc2ccccc2)Cc2ccccc2)c([N+](=O)[O-])c1. The van der Waals surface area contributed by atoms with Gasteiger partial charge in [-0.25, -0.2) is 0 Å². The monoisotopic (exact) mass is 361 g/mol. The molecule has 3 aromatic carbocycles. The van der Waals surface area contributed by atoms with Crippen LogP contribution in [0.5, 0.6) is 0 Å². The Hall–Kier alpha value is -3.67. The summed E-state index contributed by atoms with van der Waals surface area (Å²) in [4.78, 5) is 24.5. The molecule has 0 aliphatic rings. The first-order chi connectivity index (χ1) is 13.0. The molecule has 0 radical (unpaired) electrons. The van der Waals surface area contributed by atoms with Crippen LogP contribution < -0.4 is 10.6 Å². The van der Waals surface area contributed by atoms with Crippen molar-refractivity contribution in [2.45, 2.75) is 13.1 Å². The molecular weight excluding hydrogens is 342 g/mol. The smallest absolute Gasteiger partial charge is 0.293 e. The number of nitrogens with two attached hydrogens (primary N) is 1. The van der Waals surface area contributed by atoms with E-state index in [1.807, 2.05) is 65.6 Å². The Kier molecular flexibility index (Phi) is 5.47. The van der Waals surface area contributed by atoms with Gasteiger partial charge in [0.15, 0.2) is 0 Å². The van der Waals surface area contributed by atoms with Crippen LogP contribution in [-0.4, -0.2) is 10.8 Å². The third kappa shape index (κ3) is 4.49. The Labute approximate surface area is 157 Å². The second-order valence-electron chi connectivity index (χ2n) is 6.15. The molecule has 0 heterocycles. The van der Waals surface area contributed by atoms with E-state index in [-0.39, 0.29) is 11.3 Å². The number of anilines is 1. The van der Waals surface area contributed by atoms with Crippen molar-refractivity contribution in [3.63, 3.8) is 0 Å². The molecule has 0 bridgehead atoms. The van der Waals surface area contributed by atoms with E-state index < -0.39 is 10.8 Å². The lowest BCUT2D eigenvalue weighted by molar-refractivity contribution is -0.384. The first-order valence-corrected chi connectivity index (χ1v) is 8.45. The Morgan fingerprint density at radius 1 is 0.889 bits per heavy atom. The van der Waals surface area contributed by atoms with Gasteiger partial charge < -0.3 is 10.6 Å². The highest BCUT2D eigenvalue weighted by atomic mass is 16.6. The van der Waals surface area contributed by atoms with Crippen molar-refractivity contribution in [2.24, 2.45) is 5.73 Å². The number of carbonyl (C=O) groups is 1. The molecule has 0 saturated heterocycles. The lowest BCUT2D eigenvalue weighted by Gasteiger charge is -2.25. The van der Waals surface area contributed by atoms with Crippen molar-refractivity contribution in [1.29, 1.82) is 0 Å². The van der Waals surface area contributed by atoms with Gasteiger partial charge in [-0.3, -0.25) is 14.9 Å². The molecule has 3 rings (SSSR count). The van der Waals surface area contributed by atoms with Crippen LogP contribution in [0.4, 0.5) is 11.4 Å². The van der Waals surface area contributed by atoms with Crippen LogP contribution in [0, 0.1) is 10.1 Å². The van der Waals surface area contributed by atoms with E-state index in [4.69, 9.17) is 5.73 Å². The third-order valence-electron chi connectivity index (χ3n) is 4.23. The molecule has 2 N–H and O–H groups in total. The van der Waals surface area contributed by atoms with Crippen LogP contribution in [0.15, 0.2) is 78.9 Å². The summed E-state index contributed by atoms with van der Waals surface area (Å²) < 4.78 is 0. The summed E-state index contributed by atoms with van der Waals surface area (Å²) >= 11 is 0. The van der Waals surface area contributed by atoms with Gasteiger partial charge in [-0.2, -0.15) is 0 Å². The molecule has 0 saturated carbocycles. The van der Waals surface area contributed by atoms with E-state index in [0.29, 0.717) is 18.8 Å². The number of benzene rings is 3. The summed E-state index contributed by atoms with van der Waals surface area (Å²) in [5.41, 5.74) is 7.76. The molecule has 0 aliphatic carbocycles. The molecule has 1 amide bonds. The van der Waals surface area contributed by atoms with Crippen LogP contribution in [-0.2, 0) is 13.1 Å². The zero-order valence-electron chi connectivity index (χ0n) is 14.6. The molecule has 0 unspecified atom stereocenters. The molecule has 0 atom stereocenters. The van der Waals surface area contributed by atoms with Crippen molar-refractivity contribution in [3.8, 4) is 0 Å². The number of rotatable bonds is 7. The standard InChI is InChI=1S/C21H19N3O3/c22-21(25)18-11-12-19(20(13-18)24(26)27)23(14-16-7-3-1-4-8-16)15-17-9-5-2-6-10-17/h1-13H,14-15H2,(H2,22,25). The highest BCUT2D eigenvalue weighted by Crippen LogP contribution is 2.31. The number of primary amides is 1. The van der Waals surface area contributed by atoms with Crippen LogP contribution in [0.1, 0.15) is 21.5 Å². The molecule has 136 valence electrons. The number of nitro benzene ring substituents is 1. The Morgan fingerprint density at radius 3 is 1.85 bits per heavy atom. The highest BCUT2D eigenvalue weighted by Gasteiger charge is 2.22. The highest BCUT2D eigenvalue weighted by molar-refractivity contribution is 5.94. The zero-order chi connectivity index (χ0) is 19.2. The number of hydrogen-bond acceptors (Lipinski definition) is 4. The number of amides is 1. The van der Waals surface area contributed by atoms with Gasteiger partial charge in [-0.05, 0) is 23.3 Å². The lowest BCUT2D eigenvalue weighted by atomic mass is 10.1. The van der Waals surface area contributed by atoms with E-state index in [1.54, 1.807) is 6.07 Å². The lowest BCUT2D eigenvalue weighted by Crippen LogP contribution is -2.23. The van der Waals surface area contributed by atoms with E-state index in [2.05, 4.69) is 0 Å². The minimum absolute atomic E-state index is 0.116. The second-order valence-corrected chi connectivity index (χ2v) is 6.15. The van der Waals surface area contributed by atoms with Gasteiger partial charge in [0.05, 0.1) is 4.92 Å². The van der Waals surface area contributed by atoms with Crippen molar-refractivity contribution >= 4 is 17.3 Å². The van der Waals surface area contributed by atoms with E-state index >= 15 is 0 Å². The average Bonchev–Trinajstić information content (AvgIpc) is 2.68. The summed E-state index contributed by atoms with van der Waals surface area (Å²) in [6, 6.07) is 23.8. The molecular formula is C21H19N3O3. The Morgan fingerprint density at radius 2 is 1.41 bits per heavy atom. The van der Waals surface area contributed by atoms with Gasteiger partial charge in [-0.1, -0.05) is 60.7 Å². The van der Waals surface area contributed by atoms with Crippen molar-refractivity contribution in [2.75, 3.05) is 4.90 Å². The maximum absolute atomic E-state index is 11.6. The van der Waals surface area contributed by atoms with Crippen molar-refractivity contribution < 1.29 is 9.72 Å². The fourth-order valence-electron chi connectivity index (χ4n) is 2.92. The van der Waals surface area contributed by atoms with Gasteiger partial charge >= 0.3 is 0 Å². The first-order valence-electron chi connectivity index (χ1n) is 8.45. The fraction of sp³-hybridized carbons (Fsp3) is 0.0952. The molecule has 6 heteroatoms. The van der Waals surface area contributed by atoms with Crippen LogP contribution in [0.25, 0.3) is 0 Å². The fourth-order valence-corrected chi connectivity index (χ4v) is 2.92. The molecule has 27 heavy (non-hydrogen) atoms. The summed E-state index contributed by atoms with van der Waals surface area (Å²) in [6.07, 6.45) is 0. The number of carbonyl (C=O) groups excluding carboxylic acids is 1. The van der Waals surface area contributed by atoms with Crippen LogP contribution >= 0.6 is 0 Å². The quantitative estimate of drug-likeness (QED) is 0.510.